The number of phenols is 1. The van der Waals surface area contributed by atoms with Crippen LogP contribution >= 0.6 is 0 Å². The normalized spacial score (nSPS) is 15.0. The first kappa shape index (κ1) is 30.0. The van der Waals surface area contributed by atoms with Gasteiger partial charge < -0.3 is 20.4 Å². The van der Waals surface area contributed by atoms with Gasteiger partial charge in [0, 0.05) is 45.0 Å². The summed E-state index contributed by atoms with van der Waals surface area (Å²) in [5, 5.41) is 24.1. The first-order valence-corrected chi connectivity index (χ1v) is 14.8. The summed E-state index contributed by atoms with van der Waals surface area (Å²) in [5.74, 6) is -0.326. The summed E-state index contributed by atoms with van der Waals surface area (Å²) in [7, 11) is 0. The van der Waals surface area contributed by atoms with Gasteiger partial charge in [-0.15, -0.1) is 0 Å². The number of phenolic OH excluding ortho intramolecular Hbond substituents is 1. The molecular formula is C32H49N3O3. The minimum atomic E-state index is -0.714. The number of aliphatic hydroxyl groups excluding tert-OH is 1. The molecule has 1 unspecified atom stereocenters. The van der Waals surface area contributed by atoms with E-state index in [2.05, 4.69) is 53.2 Å². The summed E-state index contributed by atoms with van der Waals surface area (Å²) in [4.78, 5) is 17.4. The van der Waals surface area contributed by atoms with Crippen molar-refractivity contribution in [3.63, 3.8) is 0 Å². The Labute approximate surface area is 230 Å². The van der Waals surface area contributed by atoms with Crippen LogP contribution in [0.15, 0.2) is 42.5 Å². The van der Waals surface area contributed by atoms with Gasteiger partial charge in [-0.1, -0.05) is 89.0 Å². The Morgan fingerprint density at radius 1 is 0.895 bits per heavy atom. The van der Waals surface area contributed by atoms with E-state index in [4.69, 9.17) is 0 Å². The van der Waals surface area contributed by atoms with Gasteiger partial charge in [0.25, 0.3) is 5.91 Å². The van der Waals surface area contributed by atoms with Gasteiger partial charge in [-0.3, -0.25) is 9.69 Å². The Morgan fingerprint density at radius 2 is 1.53 bits per heavy atom. The van der Waals surface area contributed by atoms with Gasteiger partial charge in [0.15, 0.2) is 0 Å². The number of amides is 1. The fourth-order valence-corrected chi connectivity index (χ4v) is 5.29. The summed E-state index contributed by atoms with van der Waals surface area (Å²) in [6.45, 7) is 9.07. The lowest BCUT2D eigenvalue weighted by Gasteiger charge is -2.37. The molecule has 0 bridgehead atoms. The second-order valence-corrected chi connectivity index (χ2v) is 10.8. The molecule has 2 aromatic carbocycles. The molecule has 1 aliphatic heterocycles. The summed E-state index contributed by atoms with van der Waals surface area (Å²) in [6.07, 6.45) is 11.8. The highest BCUT2D eigenvalue weighted by molar-refractivity contribution is 5.97. The number of rotatable bonds is 16. The molecule has 2 aromatic rings. The number of para-hydroxylation sites is 1. The van der Waals surface area contributed by atoms with E-state index >= 15 is 0 Å². The van der Waals surface area contributed by atoms with Crippen molar-refractivity contribution in [1.82, 2.24) is 10.2 Å². The molecule has 3 N–H and O–H groups in total. The van der Waals surface area contributed by atoms with Gasteiger partial charge in [0.1, 0.15) is 5.75 Å². The van der Waals surface area contributed by atoms with Crippen molar-refractivity contribution in [3.05, 3.63) is 59.2 Å². The van der Waals surface area contributed by atoms with Crippen molar-refractivity contribution >= 4 is 11.6 Å². The van der Waals surface area contributed by atoms with Gasteiger partial charge >= 0.3 is 0 Å². The molecule has 6 nitrogen and oxygen atoms in total. The third kappa shape index (κ3) is 9.63. The van der Waals surface area contributed by atoms with E-state index < -0.39 is 6.10 Å². The molecule has 0 aliphatic carbocycles. The van der Waals surface area contributed by atoms with Crippen molar-refractivity contribution in [3.8, 4) is 5.75 Å². The number of carbonyl (C=O) groups excluding carboxylic acids is 1. The third-order valence-electron chi connectivity index (χ3n) is 7.73. The van der Waals surface area contributed by atoms with Crippen LogP contribution in [0, 0.1) is 6.92 Å². The molecule has 210 valence electrons. The monoisotopic (exact) mass is 523 g/mol. The van der Waals surface area contributed by atoms with E-state index in [9.17, 15) is 15.0 Å². The number of benzene rings is 2. The molecular weight excluding hydrogens is 474 g/mol. The van der Waals surface area contributed by atoms with Crippen LogP contribution in [0.25, 0.3) is 0 Å². The van der Waals surface area contributed by atoms with Crippen LogP contribution in [0.3, 0.4) is 0 Å². The van der Waals surface area contributed by atoms with Crippen LogP contribution in [0.5, 0.6) is 5.75 Å². The predicted octanol–water partition coefficient (Wildman–Crippen LogP) is 6.21. The Bertz CT molecular complexity index is 972. The van der Waals surface area contributed by atoms with Crippen LogP contribution in [-0.4, -0.2) is 60.3 Å². The average molecular weight is 524 g/mol. The number of anilines is 1. The fourth-order valence-electron chi connectivity index (χ4n) is 5.29. The number of carbonyl (C=O) groups is 1. The number of hydrogen-bond acceptors (Lipinski definition) is 5. The summed E-state index contributed by atoms with van der Waals surface area (Å²) >= 11 is 0. The molecule has 1 saturated heterocycles. The van der Waals surface area contributed by atoms with E-state index in [0.717, 1.165) is 39.0 Å². The SMILES string of the molecule is CCCCCCCCCCCCNC(=O)c1cc(C(O)CN2CCN(c3ccccc3C)CC2)ccc1O. The standard InChI is InChI=1S/C32H49N3O3/c1-3-4-5-6-7-8-9-10-11-14-19-33-32(38)28-24-27(17-18-30(28)36)31(37)25-34-20-22-35(23-21-34)29-16-13-12-15-26(29)2/h12-13,15-18,24,31,36-37H,3-11,14,19-23,25H2,1-2H3,(H,33,38). The number of nitrogens with zero attached hydrogens (tertiary/aromatic N) is 2. The zero-order chi connectivity index (χ0) is 27.2. The van der Waals surface area contributed by atoms with Crippen LogP contribution < -0.4 is 10.2 Å². The highest BCUT2D eigenvalue weighted by Crippen LogP contribution is 2.25. The topological polar surface area (TPSA) is 76.0 Å². The number of aliphatic hydroxyl groups is 1. The van der Waals surface area contributed by atoms with E-state index in [1.807, 2.05) is 0 Å². The van der Waals surface area contributed by atoms with Crippen molar-refractivity contribution in [2.75, 3.05) is 44.2 Å². The highest BCUT2D eigenvalue weighted by Gasteiger charge is 2.22. The molecule has 0 radical (unpaired) electrons. The first-order valence-electron chi connectivity index (χ1n) is 14.8. The molecule has 0 spiro atoms. The molecule has 38 heavy (non-hydrogen) atoms. The maximum Gasteiger partial charge on any atom is 0.255 e. The number of hydrogen-bond donors (Lipinski definition) is 3. The van der Waals surface area contributed by atoms with Crippen LogP contribution in [-0.2, 0) is 0 Å². The maximum atomic E-state index is 12.7. The zero-order valence-electron chi connectivity index (χ0n) is 23.6. The van der Waals surface area contributed by atoms with E-state index in [1.54, 1.807) is 12.1 Å². The molecule has 6 heteroatoms. The molecule has 0 aromatic heterocycles. The number of unbranched alkanes of at least 4 members (excludes halogenated alkanes) is 9. The third-order valence-corrected chi connectivity index (χ3v) is 7.73. The largest absolute Gasteiger partial charge is 0.507 e. The first-order chi connectivity index (χ1) is 18.5. The smallest absolute Gasteiger partial charge is 0.255 e. The van der Waals surface area contributed by atoms with Crippen molar-refractivity contribution in [1.29, 1.82) is 0 Å². The zero-order valence-corrected chi connectivity index (χ0v) is 23.6. The van der Waals surface area contributed by atoms with E-state index in [-0.39, 0.29) is 17.2 Å². The minimum Gasteiger partial charge on any atom is -0.507 e. The minimum absolute atomic E-state index is 0.0478. The fraction of sp³-hybridized carbons (Fsp3) is 0.594. The van der Waals surface area contributed by atoms with E-state index in [0.29, 0.717) is 18.7 Å². The summed E-state index contributed by atoms with van der Waals surface area (Å²) < 4.78 is 0. The number of piperazine rings is 1. The summed E-state index contributed by atoms with van der Waals surface area (Å²) in [5.41, 5.74) is 3.45. The Morgan fingerprint density at radius 3 is 2.18 bits per heavy atom. The van der Waals surface area contributed by atoms with Gasteiger partial charge in [-0.25, -0.2) is 0 Å². The molecule has 1 heterocycles. The van der Waals surface area contributed by atoms with Gasteiger partial charge in [-0.05, 0) is 42.7 Å². The molecule has 1 amide bonds. The number of aryl methyl sites for hydroxylation is 1. The number of β-amino-alcohol motifs (C(OH)–C–C–N with tert-alkyl or cyclic N) is 1. The number of aromatic hydroxyl groups is 1. The Kier molecular flexibility index (Phi) is 12.9. The lowest BCUT2D eigenvalue weighted by atomic mass is 10.0. The molecule has 1 fully saturated rings. The summed E-state index contributed by atoms with van der Waals surface area (Å²) in [6, 6.07) is 13.3. The van der Waals surface area contributed by atoms with Gasteiger partial charge in [0.2, 0.25) is 0 Å². The van der Waals surface area contributed by atoms with Crippen LogP contribution in [0.1, 0.15) is 98.7 Å². The molecule has 0 saturated carbocycles. The quantitative estimate of drug-likeness (QED) is 0.228. The lowest BCUT2D eigenvalue weighted by molar-refractivity contribution is 0.0948. The van der Waals surface area contributed by atoms with E-state index in [1.165, 1.54) is 68.7 Å². The highest BCUT2D eigenvalue weighted by atomic mass is 16.3. The number of nitrogens with one attached hydrogen (secondary N) is 1. The van der Waals surface area contributed by atoms with Crippen LogP contribution in [0.2, 0.25) is 0 Å². The molecule has 3 rings (SSSR count). The van der Waals surface area contributed by atoms with Crippen molar-refractivity contribution < 1.29 is 15.0 Å². The van der Waals surface area contributed by atoms with Crippen LogP contribution in [0.4, 0.5) is 5.69 Å². The van der Waals surface area contributed by atoms with Crippen molar-refractivity contribution in [2.24, 2.45) is 0 Å². The Balaban J connectivity index is 1.37. The van der Waals surface area contributed by atoms with Gasteiger partial charge in [-0.2, -0.15) is 0 Å². The average Bonchev–Trinajstić information content (AvgIpc) is 2.92. The Hall–Kier alpha value is -2.57. The van der Waals surface area contributed by atoms with Crippen molar-refractivity contribution in [2.45, 2.75) is 84.2 Å². The second kappa shape index (κ2) is 16.4. The molecule has 1 aliphatic rings. The lowest BCUT2D eigenvalue weighted by Crippen LogP contribution is -2.47. The second-order valence-electron chi connectivity index (χ2n) is 10.8. The molecule has 1 atom stereocenters. The maximum absolute atomic E-state index is 12.7. The van der Waals surface area contributed by atoms with Gasteiger partial charge in [0.05, 0.1) is 11.7 Å². The predicted molar refractivity (Wildman–Crippen MR) is 157 cm³/mol.